The van der Waals surface area contributed by atoms with Crippen molar-refractivity contribution in [2.75, 3.05) is 18.8 Å². The molecule has 0 saturated carbocycles. The molecule has 0 aromatic heterocycles. The normalized spacial score (nSPS) is 12.4. The molecule has 0 aliphatic rings. The van der Waals surface area contributed by atoms with Crippen LogP contribution in [0.5, 0.6) is 0 Å². The Bertz CT molecular complexity index is 330. The molecular weight excluding hydrogens is 226 g/mol. The molecule has 5 nitrogen and oxygen atoms in total. The summed E-state index contributed by atoms with van der Waals surface area (Å²) in [6.45, 7) is 5.57. The largest absolute Gasteiger partial charge is 0.316 e. The van der Waals surface area contributed by atoms with Crippen molar-refractivity contribution in [1.29, 1.82) is 5.26 Å². The third-order valence-corrected chi connectivity index (χ3v) is 3.16. The number of hydrogen-bond acceptors (Lipinski definition) is 4. The van der Waals surface area contributed by atoms with Crippen LogP contribution in [0.15, 0.2) is 0 Å². The number of rotatable bonds is 8. The minimum atomic E-state index is -3.34. The molecule has 0 heterocycles. The van der Waals surface area contributed by atoms with Crippen molar-refractivity contribution < 1.29 is 8.42 Å². The predicted octanol–water partition coefficient (Wildman–Crippen LogP) is 0.585. The van der Waals surface area contributed by atoms with E-state index >= 15 is 0 Å². The van der Waals surface area contributed by atoms with Gasteiger partial charge in [0.05, 0.1) is 11.8 Å². The van der Waals surface area contributed by atoms with Crippen LogP contribution < -0.4 is 10.5 Å². The van der Waals surface area contributed by atoms with E-state index in [4.69, 9.17) is 10.4 Å². The van der Waals surface area contributed by atoms with Gasteiger partial charge in [-0.15, -0.1) is 0 Å². The van der Waals surface area contributed by atoms with Crippen molar-refractivity contribution in [3.63, 3.8) is 0 Å². The number of primary sulfonamides is 1. The maximum Gasteiger partial charge on any atom is 0.209 e. The van der Waals surface area contributed by atoms with E-state index in [2.05, 4.69) is 25.2 Å². The summed E-state index contributed by atoms with van der Waals surface area (Å²) in [7, 11) is -3.34. The first kappa shape index (κ1) is 15.4. The lowest BCUT2D eigenvalue weighted by Gasteiger charge is -2.23. The Balaban J connectivity index is 3.62. The number of sulfonamides is 1. The Kier molecular flexibility index (Phi) is 6.56. The number of nitriles is 1. The van der Waals surface area contributed by atoms with Crippen molar-refractivity contribution in [1.82, 2.24) is 5.32 Å². The molecule has 94 valence electrons. The molecule has 0 aromatic rings. The molecule has 0 fully saturated rings. The number of nitrogens with two attached hydrogens (primary N) is 1. The zero-order chi connectivity index (χ0) is 12.7. The summed E-state index contributed by atoms with van der Waals surface area (Å²) in [5.74, 6) is 0.0125. The van der Waals surface area contributed by atoms with Crippen molar-refractivity contribution in [2.45, 2.75) is 33.1 Å². The van der Waals surface area contributed by atoms with Crippen LogP contribution in [-0.2, 0) is 10.0 Å². The van der Waals surface area contributed by atoms with Gasteiger partial charge in [-0.3, -0.25) is 0 Å². The number of hydrogen-bond donors (Lipinski definition) is 2. The molecular formula is C10H21N3O2S. The van der Waals surface area contributed by atoms with Crippen LogP contribution in [0.2, 0.25) is 0 Å². The lowest BCUT2D eigenvalue weighted by atomic mass is 9.88. The second-order valence-corrected chi connectivity index (χ2v) is 6.45. The molecule has 3 N–H and O–H groups in total. The molecule has 6 heteroatoms. The van der Waals surface area contributed by atoms with E-state index in [0.29, 0.717) is 19.4 Å². The summed E-state index contributed by atoms with van der Waals surface area (Å²) in [6, 6.07) is 2.12. The highest BCUT2D eigenvalue weighted by Gasteiger charge is 2.16. The van der Waals surface area contributed by atoms with Gasteiger partial charge in [0.25, 0.3) is 0 Å². The molecule has 0 aromatic carbocycles. The second-order valence-electron chi connectivity index (χ2n) is 4.72. The molecule has 0 bridgehead atoms. The first-order valence-corrected chi connectivity index (χ1v) is 7.06. The van der Waals surface area contributed by atoms with Crippen LogP contribution in [0.1, 0.15) is 33.1 Å². The van der Waals surface area contributed by atoms with Crippen LogP contribution >= 0.6 is 0 Å². The minimum absolute atomic E-state index is 0.0125. The summed E-state index contributed by atoms with van der Waals surface area (Å²) in [5.41, 5.74) is 0.0668. The van der Waals surface area contributed by atoms with Gasteiger partial charge in [0.1, 0.15) is 0 Å². The van der Waals surface area contributed by atoms with Gasteiger partial charge < -0.3 is 5.32 Å². The third-order valence-electron chi connectivity index (χ3n) is 2.30. The fourth-order valence-electron chi connectivity index (χ4n) is 1.31. The van der Waals surface area contributed by atoms with E-state index in [1.165, 1.54) is 0 Å². The van der Waals surface area contributed by atoms with E-state index in [9.17, 15) is 8.42 Å². The average Bonchev–Trinajstić information content (AvgIpc) is 2.12. The van der Waals surface area contributed by atoms with E-state index in [-0.39, 0.29) is 11.2 Å². The van der Waals surface area contributed by atoms with Crippen LogP contribution in [0.4, 0.5) is 0 Å². The quantitative estimate of drug-likeness (QED) is 0.613. The summed E-state index contributed by atoms with van der Waals surface area (Å²) in [6.07, 6.45) is 1.91. The van der Waals surface area contributed by atoms with Gasteiger partial charge in [0.2, 0.25) is 10.0 Å². The van der Waals surface area contributed by atoms with Crippen LogP contribution in [0, 0.1) is 16.7 Å². The highest BCUT2D eigenvalue weighted by atomic mass is 32.2. The maximum atomic E-state index is 10.6. The Hall–Kier alpha value is -0.640. The lowest BCUT2D eigenvalue weighted by molar-refractivity contribution is 0.319. The summed E-state index contributed by atoms with van der Waals surface area (Å²) in [5, 5.41) is 16.5. The fraction of sp³-hybridized carbons (Fsp3) is 0.900. The smallest absolute Gasteiger partial charge is 0.209 e. The van der Waals surface area contributed by atoms with Crippen LogP contribution in [0.3, 0.4) is 0 Å². The molecule has 0 saturated heterocycles. The standard InChI is InChI=1S/C10H21N3O2S/c1-10(2,5-3-6-11)9-13-7-4-8-16(12,14)15/h13H,3-5,7-9H2,1-2H3,(H2,12,14,15). The van der Waals surface area contributed by atoms with Gasteiger partial charge >= 0.3 is 0 Å². The predicted molar refractivity (Wildman–Crippen MR) is 64.1 cm³/mol. The molecule has 0 rings (SSSR count). The molecule has 0 spiro atoms. The van der Waals surface area contributed by atoms with Gasteiger partial charge in [-0.1, -0.05) is 13.8 Å². The monoisotopic (exact) mass is 247 g/mol. The van der Waals surface area contributed by atoms with Gasteiger partial charge in [0.15, 0.2) is 0 Å². The van der Waals surface area contributed by atoms with Gasteiger partial charge in [-0.2, -0.15) is 5.26 Å². The highest BCUT2D eigenvalue weighted by Crippen LogP contribution is 2.20. The molecule has 0 unspecified atom stereocenters. The van der Waals surface area contributed by atoms with E-state index < -0.39 is 10.0 Å². The van der Waals surface area contributed by atoms with Crippen molar-refractivity contribution >= 4 is 10.0 Å². The van der Waals surface area contributed by atoms with Gasteiger partial charge in [0, 0.05) is 13.0 Å². The zero-order valence-electron chi connectivity index (χ0n) is 9.99. The van der Waals surface area contributed by atoms with Crippen molar-refractivity contribution in [3.8, 4) is 6.07 Å². The van der Waals surface area contributed by atoms with Gasteiger partial charge in [-0.25, -0.2) is 13.6 Å². The number of nitrogens with zero attached hydrogens (tertiary/aromatic N) is 1. The fourth-order valence-corrected chi connectivity index (χ4v) is 1.85. The summed E-state index contributed by atoms with van der Waals surface area (Å²) in [4.78, 5) is 0. The third kappa shape index (κ3) is 9.90. The minimum Gasteiger partial charge on any atom is -0.316 e. The Morgan fingerprint density at radius 1 is 1.44 bits per heavy atom. The van der Waals surface area contributed by atoms with Crippen LogP contribution in [0.25, 0.3) is 0 Å². The van der Waals surface area contributed by atoms with Crippen LogP contribution in [-0.4, -0.2) is 27.3 Å². The molecule has 0 aliphatic carbocycles. The van der Waals surface area contributed by atoms with E-state index in [0.717, 1.165) is 13.0 Å². The summed E-state index contributed by atoms with van der Waals surface area (Å²) < 4.78 is 21.3. The maximum absolute atomic E-state index is 10.6. The Morgan fingerprint density at radius 3 is 2.56 bits per heavy atom. The van der Waals surface area contributed by atoms with Crippen molar-refractivity contribution in [2.24, 2.45) is 10.6 Å². The lowest BCUT2D eigenvalue weighted by Crippen LogP contribution is -2.31. The first-order chi connectivity index (χ1) is 7.27. The second kappa shape index (κ2) is 6.84. The van der Waals surface area contributed by atoms with E-state index in [1.54, 1.807) is 0 Å². The number of nitrogens with one attached hydrogen (secondary N) is 1. The Morgan fingerprint density at radius 2 is 2.06 bits per heavy atom. The molecule has 0 radical (unpaired) electrons. The highest BCUT2D eigenvalue weighted by molar-refractivity contribution is 7.89. The Labute approximate surface area is 98.1 Å². The SMILES string of the molecule is CC(C)(CCC#N)CNCCCS(N)(=O)=O. The molecule has 16 heavy (non-hydrogen) atoms. The first-order valence-electron chi connectivity index (χ1n) is 5.35. The molecule has 0 atom stereocenters. The topological polar surface area (TPSA) is 96.0 Å². The zero-order valence-corrected chi connectivity index (χ0v) is 10.8. The van der Waals surface area contributed by atoms with Gasteiger partial charge in [-0.05, 0) is 24.8 Å². The molecule has 0 amide bonds. The average molecular weight is 247 g/mol. The van der Waals surface area contributed by atoms with E-state index in [1.807, 2.05) is 0 Å². The summed E-state index contributed by atoms with van der Waals surface area (Å²) >= 11 is 0. The van der Waals surface area contributed by atoms with Crippen molar-refractivity contribution in [3.05, 3.63) is 0 Å². The molecule has 0 aliphatic heterocycles.